The summed E-state index contributed by atoms with van der Waals surface area (Å²) in [7, 11) is 0. The molecule has 3 atom stereocenters. The first-order chi connectivity index (χ1) is 12.1. The van der Waals surface area contributed by atoms with Crippen molar-refractivity contribution in [3.8, 4) is 5.75 Å². The monoisotopic (exact) mass is 445 g/mol. The van der Waals surface area contributed by atoms with Crippen molar-refractivity contribution in [2.45, 2.75) is 36.2 Å². The van der Waals surface area contributed by atoms with E-state index in [9.17, 15) is 4.39 Å². The Morgan fingerprint density at radius 3 is 3.04 bits per heavy atom. The van der Waals surface area contributed by atoms with Crippen LogP contribution in [0.15, 0.2) is 9.63 Å². The molecule has 5 rings (SSSR count). The van der Waals surface area contributed by atoms with Gasteiger partial charge in [0.1, 0.15) is 23.0 Å². The summed E-state index contributed by atoms with van der Waals surface area (Å²) in [6, 6.07) is 0.367. The second-order valence-electron chi connectivity index (χ2n) is 6.40. The first kappa shape index (κ1) is 16.4. The Labute approximate surface area is 161 Å². The third kappa shape index (κ3) is 2.23. The van der Waals surface area contributed by atoms with Gasteiger partial charge in [-0.2, -0.15) is 0 Å². The first-order valence-electron chi connectivity index (χ1n) is 8.05. The fourth-order valence-corrected chi connectivity index (χ4v) is 5.07. The minimum absolute atomic E-state index is 0.133. The number of hydrogen-bond acceptors (Lipinski definition) is 6. The molecular weight excluding hydrogens is 433 g/mol. The maximum Gasteiger partial charge on any atom is 0.189 e. The largest absolute Gasteiger partial charge is 0.489 e. The van der Waals surface area contributed by atoms with Crippen LogP contribution < -0.4 is 9.64 Å². The molecule has 1 aromatic heterocycles. The third-order valence-electron chi connectivity index (χ3n) is 5.17. The van der Waals surface area contributed by atoms with Crippen molar-refractivity contribution in [1.82, 2.24) is 9.97 Å². The van der Waals surface area contributed by atoms with E-state index in [0.717, 1.165) is 19.4 Å². The van der Waals surface area contributed by atoms with Gasteiger partial charge in [0.25, 0.3) is 0 Å². The summed E-state index contributed by atoms with van der Waals surface area (Å²) in [5.74, 6) is 0.679. The van der Waals surface area contributed by atoms with Gasteiger partial charge in [0.15, 0.2) is 16.7 Å². The second kappa shape index (κ2) is 5.84. The van der Waals surface area contributed by atoms with Crippen LogP contribution in [0.1, 0.15) is 12.8 Å². The number of fused-ring (bicyclic) bond motifs is 4. The van der Waals surface area contributed by atoms with Gasteiger partial charge in [-0.25, -0.2) is 14.4 Å². The van der Waals surface area contributed by atoms with Crippen LogP contribution in [0.5, 0.6) is 5.75 Å². The highest BCUT2D eigenvalue weighted by atomic mass is 79.9. The van der Waals surface area contributed by atoms with Gasteiger partial charge in [0.05, 0.1) is 28.0 Å². The zero-order valence-corrected chi connectivity index (χ0v) is 16.4. The molecule has 132 valence electrons. The molecule has 3 aliphatic heterocycles. The van der Waals surface area contributed by atoms with Crippen LogP contribution in [-0.2, 0) is 4.74 Å². The number of hydrogen-bond donors (Lipinski definition) is 0. The second-order valence-corrected chi connectivity index (χ2v) is 8.35. The van der Waals surface area contributed by atoms with Gasteiger partial charge in [-0.1, -0.05) is 23.4 Å². The van der Waals surface area contributed by atoms with Crippen molar-refractivity contribution in [3.63, 3.8) is 0 Å². The van der Waals surface area contributed by atoms with Crippen molar-refractivity contribution in [2.75, 3.05) is 24.4 Å². The molecule has 25 heavy (non-hydrogen) atoms. The smallest absolute Gasteiger partial charge is 0.189 e. The van der Waals surface area contributed by atoms with Gasteiger partial charge in [0.2, 0.25) is 0 Å². The van der Waals surface area contributed by atoms with Crippen LogP contribution >= 0.6 is 39.3 Å². The molecule has 0 N–H and O–H groups in total. The van der Waals surface area contributed by atoms with Crippen LogP contribution in [0, 0.1) is 5.82 Å². The molecule has 0 radical (unpaired) electrons. The van der Waals surface area contributed by atoms with Crippen molar-refractivity contribution < 1.29 is 13.9 Å². The number of nitrogens with zero attached hydrogens (tertiary/aromatic N) is 3. The van der Waals surface area contributed by atoms with Gasteiger partial charge in [-0.15, -0.1) is 0 Å². The molecule has 2 fully saturated rings. The summed E-state index contributed by atoms with van der Waals surface area (Å²) >= 11 is 11.0. The van der Waals surface area contributed by atoms with Crippen molar-refractivity contribution in [2.24, 2.45) is 0 Å². The molecule has 0 aliphatic carbocycles. The Kier molecular flexibility index (Phi) is 3.82. The van der Waals surface area contributed by atoms with E-state index in [4.69, 9.17) is 26.1 Å². The van der Waals surface area contributed by atoms with E-state index in [1.54, 1.807) is 0 Å². The number of ether oxygens (including phenoxy) is 2. The standard InChI is InChI=1S/C16H14BrClFN3O2S/c1-25-16-20-13-9-14(11(18)10(17)12(13)19)24-5-6-4-8-7(2-3-23-8)22(6)15(9)21-16/h6-8H,2-5H2,1H3/t6-,7-,8-/m0/s1. The number of aromatic nitrogens is 2. The molecule has 0 saturated carbocycles. The van der Waals surface area contributed by atoms with Crippen LogP contribution in [0.2, 0.25) is 5.02 Å². The van der Waals surface area contributed by atoms with Crippen LogP contribution in [0.25, 0.3) is 10.9 Å². The molecule has 0 amide bonds. The van der Waals surface area contributed by atoms with Crippen molar-refractivity contribution in [1.29, 1.82) is 0 Å². The molecule has 0 unspecified atom stereocenters. The summed E-state index contributed by atoms with van der Waals surface area (Å²) in [6.07, 6.45) is 3.87. The van der Waals surface area contributed by atoms with Crippen molar-refractivity contribution >= 4 is 56.0 Å². The van der Waals surface area contributed by atoms with E-state index in [0.29, 0.717) is 28.7 Å². The lowest BCUT2D eigenvalue weighted by Crippen LogP contribution is -2.39. The summed E-state index contributed by atoms with van der Waals surface area (Å²) < 4.78 is 27.0. The van der Waals surface area contributed by atoms with Crippen LogP contribution in [-0.4, -0.2) is 47.6 Å². The molecular formula is C16H14BrClFN3O2S. The summed E-state index contributed by atoms with van der Waals surface area (Å²) in [6.45, 7) is 1.21. The molecule has 4 heterocycles. The lowest BCUT2D eigenvalue weighted by atomic mass is 10.1. The minimum Gasteiger partial charge on any atom is -0.489 e. The lowest BCUT2D eigenvalue weighted by Gasteiger charge is -2.28. The molecule has 3 aliphatic rings. The van der Waals surface area contributed by atoms with E-state index in [1.165, 1.54) is 11.8 Å². The molecule has 1 aromatic carbocycles. The number of thioether (sulfide) groups is 1. The third-order valence-corrected chi connectivity index (χ3v) is 7.05. The number of benzene rings is 1. The zero-order valence-electron chi connectivity index (χ0n) is 13.3. The first-order valence-corrected chi connectivity index (χ1v) is 10.4. The quantitative estimate of drug-likeness (QED) is 0.374. The Morgan fingerprint density at radius 2 is 2.24 bits per heavy atom. The number of rotatable bonds is 1. The summed E-state index contributed by atoms with van der Waals surface area (Å²) in [5, 5.41) is 1.32. The number of halogens is 3. The number of anilines is 1. The van der Waals surface area contributed by atoms with E-state index < -0.39 is 5.82 Å². The van der Waals surface area contributed by atoms with Gasteiger partial charge in [0, 0.05) is 6.61 Å². The van der Waals surface area contributed by atoms with Gasteiger partial charge in [-0.3, -0.25) is 0 Å². The molecule has 2 saturated heterocycles. The fourth-order valence-electron chi connectivity index (χ4n) is 4.11. The Balaban J connectivity index is 1.85. The molecule has 5 nitrogen and oxygen atoms in total. The average Bonchev–Trinajstić information content (AvgIpc) is 3.15. The highest BCUT2D eigenvalue weighted by molar-refractivity contribution is 9.10. The minimum atomic E-state index is -0.483. The Hall–Kier alpha value is -0.830. The predicted octanol–water partition coefficient (Wildman–Crippen LogP) is 4.04. The van der Waals surface area contributed by atoms with E-state index >= 15 is 0 Å². The highest BCUT2D eigenvalue weighted by Gasteiger charge is 2.48. The van der Waals surface area contributed by atoms with Gasteiger partial charge in [-0.05, 0) is 35.0 Å². The van der Waals surface area contributed by atoms with Crippen molar-refractivity contribution in [3.05, 3.63) is 15.3 Å². The summed E-state index contributed by atoms with van der Waals surface area (Å²) in [5.41, 5.74) is 0.239. The van der Waals surface area contributed by atoms with Gasteiger partial charge < -0.3 is 14.4 Å². The lowest BCUT2D eigenvalue weighted by molar-refractivity contribution is 0.107. The maximum absolute atomic E-state index is 14.9. The normalized spacial score (nSPS) is 27.2. The SMILES string of the molecule is CSc1nc2c3c(c(Cl)c(Br)c(F)c3n1)OC[C@@H]1C[C@@H]3OCC[C@@H]3N21. The molecule has 9 heteroatoms. The van der Waals surface area contributed by atoms with E-state index in [2.05, 4.69) is 25.8 Å². The van der Waals surface area contributed by atoms with Crippen LogP contribution in [0.4, 0.5) is 10.2 Å². The Bertz CT molecular complexity index is 902. The topological polar surface area (TPSA) is 47.5 Å². The average molecular weight is 447 g/mol. The zero-order chi connectivity index (χ0) is 17.3. The maximum atomic E-state index is 14.9. The van der Waals surface area contributed by atoms with E-state index in [1.807, 2.05) is 6.26 Å². The van der Waals surface area contributed by atoms with Crippen LogP contribution in [0.3, 0.4) is 0 Å². The van der Waals surface area contributed by atoms with Gasteiger partial charge >= 0.3 is 0 Å². The highest BCUT2D eigenvalue weighted by Crippen LogP contribution is 2.49. The molecule has 0 spiro atoms. The molecule has 0 bridgehead atoms. The predicted molar refractivity (Wildman–Crippen MR) is 98.5 cm³/mol. The Morgan fingerprint density at radius 1 is 1.40 bits per heavy atom. The fraction of sp³-hybridized carbons (Fsp3) is 0.500. The van der Waals surface area contributed by atoms with E-state index in [-0.39, 0.29) is 33.2 Å². The summed E-state index contributed by atoms with van der Waals surface area (Å²) in [4.78, 5) is 11.4. The molecule has 2 aromatic rings.